The third kappa shape index (κ3) is 4.51. The van der Waals surface area contributed by atoms with Gasteiger partial charge in [-0.1, -0.05) is 0 Å². The average Bonchev–Trinajstić information content (AvgIpc) is 3.03. The minimum atomic E-state index is -0.643. The summed E-state index contributed by atoms with van der Waals surface area (Å²) >= 11 is 0. The van der Waals surface area contributed by atoms with E-state index in [2.05, 4.69) is 34.0 Å². The minimum Gasteiger partial charge on any atom is -0.390 e. The van der Waals surface area contributed by atoms with Crippen molar-refractivity contribution < 1.29 is 9.90 Å². The topological polar surface area (TPSA) is 77.8 Å². The van der Waals surface area contributed by atoms with Crippen LogP contribution in [0.4, 0.5) is 5.82 Å². The quantitative estimate of drug-likeness (QED) is 0.794. The molecule has 1 fully saturated rings. The summed E-state index contributed by atoms with van der Waals surface area (Å²) in [5, 5.41) is 13.3. The summed E-state index contributed by atoms with van der Waals surface area (Å²) in [4.78, 5) is 23.6. The van der Waals surface area contributed by atoms with Gasteiger partial charge in [0.1, 0.15) is 5.82 Å². The van der Waals surface area contributed by atoms with Crippen molar-refractivity contribution in [3.8, 4) is 0 Å². The molecule has 1 aliphatic heterocycles. The van der Waals surface area contributed by atoms with Gasteiger partial charge in [-0.2, -0.15) is 0 Å². The molecule has 0 unspecified atom stereocenters. The van der Waals surface area contributed by atoms with Gasteiger partial charge in [-0.05, 0) is 70.8 Å². The number of hydrogen-bond acceptors (Lipinski definition) is 5. The maximum Gasteiger partial charge on any atom is 0.253 e. The second kappa shape index (κ2) is 7.62. The highest BCUT2D eigenvalue weighted by Crippen LogP contribution is 2.32. The molecular weight excluding hydrogens is 339 g/mol. The van der Waals surface area contributed by atoms with Crippen LogP contribution in [0.15, 0.2) is 17.3 Å². The molecule has 2 aliphatic rings. The number of fused-ring (bicyclic) bond motifs is 1. The Morgan fingerprint density at radius 1 is 1.33 bits per heavy atom. The number of aliphatic imine (C=N–C) groups is 1. The molecule has 2 N–H and O–H groups in total. The molecule has 1 aromatic heterocycles. The first kappa shape index (κ1) is 19.9. The monoisotopic (exact) mass is 369 g/mol. The molecule has 0 bridgehead atoms. The molecule has 1 radical (unpaired) electrons. The summed E-state index contributed by atoms with van der Waals surface area (Å²) in [6.07, 6.45) is 5.27. The lowest BCUT2D eigenvalue weighted by Crippen LogP contribution is -2.42. The van der Waals surface area contributed by atoms with Gasteiger partial charge in [0.05, 0.1) is 16.9 Å². The van der Waals surface area contributed by atoms with Crippen LogP contribution >= 0.6 is 0 Å². The van der Waals surface area contributed by atoms with E-state index in [0.29, 0.717) is 23.3 Å². The fraction of sp³-hybridized carbons (Fsp3) is 0.650. The average molecular weight is 369 g/mol. The van der Waals surface area contributed by atoms with Crippen LogP contribution in [0.1, 0.15) is 63.7 Å². The SMILES string of the molecule is CC(C)N(C)C1=Nc2ncc(C(=O)NC3CCC(C(C)(C)O)CC3)cc2[B]1. The number of amidine groups is 1. The van der Waals surface area contributed by atoms with Crippen molar-refractivity contribution in [3.63, 3.8) is 0 Å². The zero-order chi connectivity index (χ0) is 19.8. The van der Waals surface area contributed by atoms with Gasteiger partial charge in [-0.3, -0.25) is 4.79 Å². The van der Waals surface area contributed by atoms with Crippen molar-refractivity contribution in [2.24, 2.45) is 10.9 Å². The summed E-state index contributed by atoms with van der Waals surface area (Å²) in [5.41, 5.74) is 1.68. The summed E-state index contributed by atoms with van der Waals surface area (Å²) in [6.45, 7) is 7.96. The van der Waals surface area contributed by atoms with Crippen LogP contribution < -0.4 is 10.8 Å². The molecule has 1 aliphatic carbocycles. The van der Waals surface area contributed by atoms with Crippen LogP contribution in [0.5, 0.6) is 0 Å². The normalized spacial score (nSPS) is 22.1. The highest BCUT2D eigenvalue weighted by atomic mass is 16.3. The Bertz CT molecular complexity index is 734. The molecule has 27 heavy (non-hydrogen) atoms. The van der Waals surface area contributed by atoms with E-state index >= 15 is 0 Å². The third-order valence-electron chi connectivity index (χ3n) is 5.86. The van der Waals surface area contributed by atoms with E-state index in [0.717, 1.165) is 36.9 Å². The van der Waals surface area contributed by atoms with Gasteiger partial charge in [0.25, 0.3) is 5.91 Å². The Morgan fingerprint density at radius 3 is 2.59 bits per heavy atom. The number of carbonyl (C=O) groups excluding carboxylic acids is 1. The largest absolute Gasteiger partial charge is 0.390 e. The van der Waals surface area contributed by atoms with Crippen molar-refractivity contribution >= 4 is 30.2 Å². The summed E-state index contributed by atoms with van der Waals surface area (Å²) in [7, 11) is 3.98. The number of nitrogens with zero attached hydrogens (tertiary/aromatic N) is 3. The fourth-order valence-corrected chi connectivity index (χ4v) is 3.74. The van der Waals surface area contributed by atoms with E-state index in [1.807, 2.05) is 34.2 Å². The molecule has 2 heterocycles. The second-order valence-electron chi connectivity index (χ2n) is 8.63. The van der Waals surface area contributed by atoms with Gasteiger partial charge in [-0.25, -0.2) is 9.98 Å². The number of pyridine rings is 1. The Kier molecular flexibility index (Phi) is 5.61. The number of carbonyl (C=O) groups is 1. The highest BCUT2D eigenvalue weighted by molar-refractivity contribution is 6.87. The fourth-order valence-electron chi connectivity index (χ4n) is 3.74. The van der Waals surface area contributed by atoms with Crippen molar-refractivity contribution in [2.45, 2.75) is 71.1 Å². The van der Waals surface area contributed by atoms with Crippen molar-refractivity contribution in [3.05, 3.63) is 17.8 Å². The number of nitrogens with one attached hydrogen (secondary N) is 1. The van der Waals surface area contributed by atoms with Crippen LogP contribution in [0.3, 0.4) is 0 Å². The van der Waals surface area contributed by atoms with E-state index in [4.69, 9.17) is 0 Å². The van der Waals surface area contributed by atoms with E-state index in [9.17, 15) is 9.90 Å². The molecule has 3 rings (SSSR count). The lowest BCUT2D eigenvalue weighted by molar-refractivity contribution is -0.00257. The van der Waals surface area contributed by atoms with E-state index in [-0.39, 0.29) is 11.9 Å². The van der Waals surface area contributed by atoms with Gasteiger partial charge in [0, 0.05) is 25.3 Å². The Hall–Kier alpha value is -1.89. The van der Waals surface area contributed by atoms with Crippen molar-refractivity contribution in [2.75, 3.05) is 7.05 Å². The van der Waals surface area contributed by atoms with E-state index < -0.39 is 5.60 Å². The maximum atomic E-state index is 12.7. The van der Waals surface area contributed by atoms with Gasteiger partial charge in [-0.15, -0.1) is 0 Å². The molecule has 1 amide bonds. The molecule has 0 spiro atoms. The zero-order valence-corrected chi connectivity index (χ0v) is 17.0. The van der Waals surface area contributed by atoms with Crippen LogP contribution in [0, 0.1) is 5.92 Å². The van der Waals surface area contributed by atoms with Crippen molar-refractivity contribution in [1.82, 2.24) is 15.2 Å². The Balaban J connectivity index is 1.59. The number of hydrogen-bond donors (Lipinski definition) is 2. The second-order valence-corrected chi connectivity index (χ2v) is 8.63. The van der Waals surface area contributed by atoms with Gasteiger partial charge in [0.2, 0.25) is 7.28 Å². The van der Waals surface area contributed by atoms with Crippen LogP contribution in [-0.4, -0.2) is 58.6 Å². The van der Waals surface area contributed by atoms with Crippen molar-refractivity contribution in [1.29, 1.82) is 0 Å². The zero-order valence-electron chi connectivity index (χ0n) is 17.0. The molecule has 6 nitrogen and oxygen atoms in total. The molecule has 1 aromatic rings. The first-order valence-electron chi connectivity index (χ1n) is 9.84. The lowest BCUT2D eigenvalue weighted by atomic mass is 9.70. The molecule has 0 saturated heterocycles. The summed E-state index contributed by atoms with van der Waals surface area (Å²) < 4.78 is 0. The number of amides is 1. The Labute approximate surface area is 162 Å². The van der Waals surface area contributed by atoms with Gasteiger partial charge in [0.15, 0.2) is 0 Å². The number of aliphatic hydroxyl groups is 1. The first-order valence-corrected chi connectivity index (χ1v) is 9.84. The lowest BCUT2D eigenvalue weighted by Gasteiger charge is -2.36. The third-order valence-corrected chi connectivity index (χ3v) is 5.86. The molecular formula is C20H30BN4O2. The molecule has 7 heteroatoms. The predicted octanol–water partition coefficient (Wildman–Crippen LogP) is 1.81. The van der Waals surface area contributed by atoms with Crippen LogP contribution in [-0.2, 0) is 0 Å². The molecule has 0 atom stereocenters. The smallest absolute Gasteiger partial charge is 0.253 e. The standard InChI is InChI=1S/C20H30BN4O2/c1-12(2)25(5)19-21-16-10-13(11-22-17(16)24-19)18(26)23-15-8-6-14(7-9-15)20(3,4)27/h10-12,14-15,27H,6-9H2,1-5H3,(H,23,26). The van der Waals surface area contributed by atoms with E-state index in [1.54, 1.807) is 6.20 Å². The number of aromatic nitrogens is 1. The highest BCUT2D eigenvalue weighted by Gasteiger charge is 2.32. The first-order chi connectivity index (χ1) is 12.6. The minimum absolute atomic E-state index is 0.0870. The van der Waals surface area contributed by atoms with Gasteiger partial charge >= 0.3 is 0 Å². The number of rotatable bonds is 4. The van der Waals surface area contributed by atoms with E-state index in [1.165, 1.54) is 0 Å². The summed E-state index contributed by atoms with van der Waals surface area (Å²) in [5.74, 6) is 0.881. The van der Waals surface area contributed by atoms with Gasteiger partial charge < -0.3 is 15.3 Å². The summed E-state index contributed by atoms with van der Waals surface area (Å²) in [6, 6.07) is 2.37. The molecule has 145 valence electrons. The predicted molar refractivity (Wildman–Crippen MR) is 109 cm³/mol. The molecule has 1 saturated carbocycles. The van der Waals surface area contributed by atoms with Crippen LogP contribution in [0.2, 0.25) is 0 Å². The maximum absolute atomic E-state index is 12.7. The Morgan fingerprint density at radius 2 is 2.00 bits per heavy atom. The molecule has 0 aromatic carbocycles. The van der Waals surface area contributed by atoms with Crippen LogP contribution in [0.25, 0.3) is 0 Å².